The van der Waals surface area contributed by atoms with E-state index in [1.54, 1.807) is 0 Å². The molecule has 1 aromatic rings. The van der Waals surface area contributed by atoms with Crippen LogP contribution in [0.4, 0.5) is 11.9 Å². The molecule has 1 heterocycles. The zero-order chi connectivity index (χ0) is 9.31. The molecule has 1 saturated carbocycles. The largest absolute Gasteiger partial charge is 0.368 e. The van der Waals surface area contributed by atoms with Crippen molar-refractivity contribution >= 4 is 11.9 Å². The third-order valence-corrected chi connectivity index (χ3v) is 2.74. The van der Waals surface area contributed by atoms with Crippen LogP contribution >= 0.6 is 0 Å². The van der Waals surface area contributed by atoms with Crippen LogP contribution in [0, 0.1) is 5.41 Å². The SMILES string of the molecule is CC1(CNc2n[nH]c(N)n2)CCC1. The number of nitrogen functional groups attached to an aromatic ring is 1. The highest BCUT2D eigenvalue weighted by Gasteiger charge is 2.31. The molecule has 1 aliphatic rings. The summed E-state index contributed by atoms with van der Waals surface area (Å²) in [5, 5.41) is 9.67. The summed E-state index contributed by atoms with van der Waals surface area (Å²) in [5.74, 6) is 0.965. The molecule has 0 radical (unpaired) electrons. The molecule has 5 nitrogen and oxygen atoms in total. The van der Waals surface area contributed by atoms with Crippen molar-refractivity contribution in [3.8, 4) is 0 Å². The van der Waals surface area contributed by atoms with Crippen LogP contribution in [-0.4, -0.2) is 21.7 Å². The lowest BCUT2D eigenvalue weighted by atomic mass is 9.70. The Kier molecular flexibility index (Phi) is 1.86. The Bertz CT molecular complexity index is 288. The minimum atomic E-state index is 0.362. The molecule has 1 aliphatic carbocycles. The second-order valence-corrected chi connectivity index (χ2v) is 4.06. The third-order valence-electron chi connectivity index (χ3n) is 2.74. The fourth-order valence-corrected chi connectivity index (χ4v) is 1.60. The fourth-order valence-electron chi connectivity index (χ4n) is 1.60. The zero-order valence-corrected chi connectivity index (χ0v) is 7.80. The summed E-state index contributed by atoms with van der Waals surface area (Å²) in [6, 6.07) is 0. The number of anilines is 2. The summed E-state index contributed by atoms with van der Waals surface area (Å²) in [7, 11) is 0. The maximum Gasteiger partial charge on any atom is 0.243 e. The first-order valence-electron chi connectivity index (χ1n) is 4.60. The number of hydrogen-bond acceptors (Lipinski definition) is 4. The van der Waals surface area contributed by atoms with E-state index in [0.717, 1.165) is 6.54 Å². The van der Waals surface area contributed by atoms with Gasteiger partial charge in [-0.25, -0.2) is 5.10 Å². The van der Waals surface area contributed by atoms with Crippen LogP contribution in [0.15, 0.2) is 0 Å². The summed E-state index contributed by atoms with van der Waals surface area (Å²) >= 11 is 0. The van der Waals surface area contributed by atoms with Crippen LogP contribution in [-0.2, 0) is 0 Å². The molecular weight excluding hydrogens is 166 g/mol. The minimum Gasteiger partial charge on any atom is -0.368 e. The van der Waals surface area contributed by atoms with E-state index in [1.165, 1.54) is 19.3 Å². The molecule has 1 fully saturated rings. The van der Waals surface area contributed by atoms with Gasteiger partial charge in [-0.05, 0) is 18.3 Å². The number of aromatic nitrogens is 3. The van der Waals surface area contributed by atoms with E-state index < -0.39 is 0 Å². The molecule has 0 amide bonds. The Morgan fingerprint density at radius 1 is 1.62 bits per heavy atom. The molecule has 0 bridgehead atoms. The van der Waals surface area contributed by atoms with Gasteiger partial charge in [0.1, 0.15) is 0 Å². The summed E-state index contributed by atoms with van der Waals surface area (Å²) in [6.07, 6.45) is 3.92. The van der Waals surface area contributed by atoms with E-state index in [-0.39, 0.29) is 0 Å². The van der Waals surface area contributed by atoms with Gasteiger partial charge in [0.15, 0.2) is 0 Å². The van der Waals surface area contributed by atoms with Crippen molar-refractivity contribution in [1.82, 2.24) is 15.2 Å². The van der Waals surface area contributed by atoms with Gasteiger partial charge in [0, 0.05) is 6.54 Å². The maximum absolute atomic E-state index is 5.40. The Balaban J connectivity index is 1.85. The monoisotopic (exact) mass is 181 g/mol. The maximum atomic E-state index is 5.40. The lowest BCUT2D eigenvalue weighted by Crippen LogP contribution is -2.33. The van der Waals surface area contributed by atoms with E-state index >= 15 is 0 Å². The molecule has 0 saturated heterocycles. The van der Waals surface area contributed by atoms with Gasteiger partial charge >= 0.3 is 0 Å². The smallest absolute Gasteiger partial charge is 0.243 e. The van der Waals surface area contributed by atoms with Crippen molar-refractivity contribution in [3.05, 3.63) is 0 Å². The Morgan fingerprint density at radius 2 is 2.38 bits per heavy atom. The molecule has 0 unspecified atom stereocenters. The van der Waals surface area contributed by atoms with Crippen LogP contribution < -0.4 is 11.1 Å². The standard InChI is InChI=1S/C8H15N5/c1-8(3-2-4-8)5-10-7-11-6(9)12-13-7/h2-5H2,1H3,(H4,9,10,11,12,13). The summed E-state index contributed by atoms with van der Waals surface area (Å²) in [5.41, 5.74) is 5.84. The van der Waals surface area contributed by atoms with Crippen molar-refractivity contribution in [2.45, 2.75) is 26.2 Å². The quantitative estimate of drug-likeness (QED) is 0.649. The Hall–Kier alpha value is -1.26. The number of aromatic amines is 1. The van der Waals surface area contributed by atoms with Crippen LogP contribution in [0.5, 0.6) is 0 Å². The van der Waals surface area contributed by atoms with Gasteiger partial charge in [-0.1, -0.05) is 13.3 Å². The molecule has 72 valence electrons. The van der Waals surface area contributed by atoms with Crippen LogP contribution in [0.25, 0.3) is 0 Å². The van der Waals surface area contributed by atoms with Gasteiger partial charge < -0.3 is 11.1 Å². The van der Waals surface area contributed by atoms with Gasteiger partial charge in [0.25, 0.3) is 0 Å². The predicted octanol–water partition coefficient (Wildman–Crippen LogP) is 0.989. The van der Waals surface area contributed by atoms with Crippen molar-refractivity contribution in [2.24, 2.45) is 5.41 Å². The van der Waals surface area contributed by atoms with Crippen LogP contribution in [0.1, 0.15) is 26.2 Å². The molecule has 1 aromatic heterocycles. The first-order chi connectivity index (χ1) is 6.18. The molecule has 2 rings (SSSR count). The second kappa shape index (κ2) is 2.90. The third kappa shape index (κ3) is 1.74. The van der Waals surface area contributed by atoms with Gasteiger partial charge in [0.2, 0.25) is 11.9 Å². The highest BCUT2D eigenvalue weighted by Crippen LogP contribution is 2.39. The van der Waals surface area contributed by atoms with Crippen molar-refractivity contribution in [2.75, 3.05) is 17.6 Å². The molecule has 4 N–H and O–H groups in total. The number of hydrogen-bond donors (Lipinski definition) is 3. The highest BCUT2D eigenvalue weighted by molar-refractivity contribution is 5.30. The van der Waals surface area contributed by atoms with Crippen molar-refractivity contribution < 1.29 is 0 Å². The highest BCUT2D eigenvalue weighted by atomic mass is 15.3. The number of nitrogens with two attached hydrogens (primary N) is 1. The van der Waals surface area contributed by atoms with E-state index in [4.69, 9.17) is 5.73 Å². The van der Waals surface area contributed by atoms with E-state index in [9.17, 15) is 0 Å². The van der Waals surface area contributed by atoms with Crippen molar-refractivity contribution in [1.29, 1.82) is 0 Å². The van der Waals surface area contributed by atoms with Crippen LogP contribution in [0.3, 0.4) is 0 Å². The Labute approximate surface area is 77.1 Å². The normalized spacial score (nSPS) is 19.5. The summed E-state index contributed by atoms with van der Waals surface area (Å²) < 4.78 is 0. The molecule has 0 atom stereocenters. The number of rotatable bonds is 3. The van der Waals surface area contributed by atoms with Gasteiger partial charge in [0.05, 0.1) is 0 Å². The van der Waals surface area contributed by atoms with E-state index in [0.29, 0.717) is 17.3 Å². The number of H-pyrrole nitrogens is 1. The topological polar surface area (TPSA) is 79.6 Å². The second-order valence-electron chi connectivity index (χ2n) is 4.06. The van der Waals surface area contributed by atoms with E-state index in [1.807, 2.05) is 0 Å². The first kappa shape index (κ1) is 8.34. The molecule has 5 heteroatoms. The average molecular weight is 181 g/mol. The zero-order valence-electron chi connectivity index (χ0n) is 7.80. The number of nitrogens with one attached hydrogen (secondary N) is 2. The lowest BCUT2D eigenvalue weighted by molar-refractivity contribution is 0.179. The van der Waals surface area contributed by atoms with Crippen LogP contribution in [0.2, 0.25) is 0 Å². The molecule has 0 spiro atoms. The van der Waals surface area contributed by atoms with Gasteiger partial charge in [-0.3, -0.25) is 0 Å². The molecular formula is C8H15N5. The average Bonchev–Trinajstić information content (AvgIpc) is 2.44. The van der Waals surface area contributed by atoms with Gasteiger partial charge in [-0.2, -0.15) is 4.98 Å². The lowest BCUT2D eigenvalue weighted by Gasteiger charge is -2.38. The Morgan fingerprint density at radius 3 is 2.85 bits per heavy atom. The van der Waals surface area contributed by atoms with Crippen molar-refractivity contribution in [3.63, 3.8) is 0 Å². The molecule has 0 aromatic carbocycles. The minimum absolute atomic E-state index is 0.362. The first-order valence-corrected chi connectivity index (χ1v) is 4.60. The number of nitrogens with zero attached hydrogens (tertiary/aromatic N) is 2. The van der Waals surface area contributed by atoms with E-state index in [2.05, 4.69) is 27.4 Å². The molecule has 0 aliphatic heterocycles. The fraction of sp³-hybridized carbons (Fsp3) is 0.750. The summed E-state index contributed by atoms with van der Waals surface area (Å²) in [6.45, 7) is 3.21. The van der Waals surface area contributed by atoms with Gasteiger partial charge in [-0.15, -0.1) is 5.10 Å². The summed E-state index contributed by atoms with van der Waals surface area (Å²) in [4.78, 5) is 3.97. The molecule has 13 heavy (non-hydrogen) atoms. The predicted molar refractivity (Wildman–Crippen MR) is 51.2 cm³/mol.